The third-order valence-electron chi connectivity index (χ3n) is 1.39. The van der Waals surface area contributed by atoms with Gasteiger partial charge in [0.1, 0.15) is 0 Å². The van der Waals surface area contributed by atoms with Crippen LogP contribution in [0, 0.1) is 0 Å². The molecule has 0 spiro atoms. The standard InChI is InChI=1S/C8H15O6P/c1-4-12-7(13-5-2)8(15(10)11)14-6(3)9/h7-8H,4-5H2,1-3H3. The van der Waals surface area contributed by atoms with E-state index in [1.54, 1.807) is 13.8 Å². The van der Waals surface area contributed by atoms with Crippen LogP contribution in [0.1, 0.15) is 20.8 Å². The summed E-state index contributed by atoms with van der Waals surface area (Å²) in [6, 6.07) is 0. The quantitative estimate of drug-likeness (QED) is 0.362. The third-order valence-corrected chi connectivity index (χ3v) is 2.15. The van der Waals surface area contributed by atoms with Gasteiger partial charge in [0, 0.05) is 20.1 Å². The van der Waals surface area contributed by atoms with Crippen molar-refractivity contribution in [3.8, 4) is 0 Å². The lowest BCUT2D eigenvalue weighted by atomic mass is 10.6. The molecule has 7 heteroatoms. The number of hydrogen-bond donors (Lipinski definition) is 0. The van der Waals surface area contributed by atoms with Crippen molar-refractivity contribution >= 4 is 14.0 Å². The molecule has 0 saturated carbocycles. The Morgan fingerprint density at radius 2 is 1.80 bits per heavy atom. The molecule has 0 aromatic rings. The zero-order valence-electron chi connectivity index (χ0n) is 8.97. The molecule has 88 valence electrons. The fourth-order valence-corrected chi connectivity index (χ4v) is 1.51. The van der Waals surface area contributed by atoms with Gasteiger partial charge in [0.05, 0.1) is 0 Å². The maximum atomic E-state index is 10.8. The van der Waals surface area contributed by atoms with E-state index in [4.69, 9.17) is 9.47 Å². The monoisotopic (exact) mass is 238 g/mol. The average molecular weight is 238 g/mol. The summed E-state index contributed by atoms with van der Waals surface area (Å²) in [4.78, 5) is 21.5. The summed E-state index contributed by atoms with van der Waals surface area (Å²) in [6.45, 7) is 5.04. The minimum atomic E-state index is -2.95. The highest BCUT2D eigenvalue weighted by atomic mass is 31.1. The van der Waals surface area contributed by atoms with Gasteiger partial charge in [0.2, 0.25) is 6.29 Å². The zero-order valence-corrected chi connectivity index (χ0v) is 9.86. The Hall–Kier alpha value is -0.550. The van der Waals surface area contributed by atoms with Gasteiger partial charge in [-0.15, -0.1) is 0 Å². The van der Waals surface area contributed by atoms with Crippen molar-refractivity contribution in [1.29, 1.82) is 0 Å². The first-order chi connectivity index (χ1) is 7.02. The maximum Gasteiger partial charge on any atom is 0.360 e. The summed E-state index contributed by atoms with van der Waals surface area (Å²) in [5.41, 5.74) is 0. The minimum Gasteiger partial charge on any atom is -0.592 e. The van der Waals surface area contributed by atoms with Crippen LogP contribution in [0.4, 0.5) is 0 Å². The zero-order chi connectivity index (χ0) is 11.8. The second kappa shape index (κ2) is 7.70. The van der Waals surface area contributed by atoms with E-state index in [9.17, 15) is 14.3 Å². The van der Waals surface area contributed by atoms with Crippen molar-refractivity contribution in [3.05, 3.63) is 0 Å². The highest BCUT2D eigenvalue weighted by Gasteiger charge is 2.36. The molecule has 0 amide bonds. The molecule has 0 fully saturated rings. The summed E-state index contributed by atoms with van der Waals surface area (Å²) in [5.74, 6) is -2.08. The van der Waals surface area contributed by atoms with Crippen molar-refractivity contribution in [2.24, 2.45) is 0 Å². The second-order valence-corrected chi connectivity index (χ2v) is 3.64. The van der Waals surface area contributed by atoms with Gasteiger partial charge in [0.15, 0.2) is 0 Å². The summed E-state index contributed by atoms with van der Waals surface area (Å²) < 4.78 is 25.5. The van der Waals surface area contributed by atoms with Gasteiger partial charge in [-0.25, -0.2) is 0 Å². The lowest BCUT2D eigenvalue weighted by Crippen LogP contribution is -2.34. The average Bonchev–Trinajstić information content (AvgIpc) is 2.13. The van der Waals surface area contributed by atoms with Gasteiger partial charge >= 0.3 is 19.8 Å². The van der Waals surface area contributed by atoms with Crippen LogP contribution in [0.25, 0.3) is 0 Å². The molecular weight excluding hydrogens is 223 g/mol. The molecule has 0 rings (SSSR count). The fraction of sp³-hybridized carbons (Fsp3) is 0.875. The van der Waals surface area contributed by atoms with Gasteiger partial charge in [-0.05, 0) is 13.8 Å². The van der Waals surface area contributed by atoms with Gasteiger partial charge in [0.25, 0.3) is 0 Å². The topological polar surface area (TPSA) is 84.9 Å². The molecule has 0 aromatic carbocycles. The molecule has 0 N–H and O–H groups in total. The molecule has 0 aliphatic heterocycles. The summed E-state index contributed by atoms with van der Waals surface area (Å²) >= 11 is 0. The molecule has 0 aliphatic rings. The first kappa shape index (κ1) is 14.5. The first-order valence-electron chi connectivity index (χ1n) is 4.56. The van der Waals surface area contributed by atoms with Crippen molar-refractivity contribution in [2.45, 2.75) is 32.9 Å². The van der Waals surface area contributed by atoms with Crippen LogP contribution in [0.15, 0.2) is 0 Å². The highest BCUT2D eigenvalue weighted by molar-refractivity contribution is 7.37. The Morgan fingerprint density at radius 3 is 2.07 bits per heavy atom. The highest BCUT2D eigenvalue weighted by Crippen LogP contribution is 2.25. The van der Waals surface area contributed by atoms with Crippen molar-refractivity contribution < 1.29 is 28.5 Å². The van der Waals surface area contributed by atoms with E-state index in [1.807, 2.05) is 0 Å². The summed E-state index contributed by atoms with van der Waals surface area (Å²) in [5, 5.41) is 0. The van der Waals surface area contributed by atoms with Crippen LogP contribution in [0.3, 0.4) is 0 Å². The number of ether oxygens (including phenoxy) is 3. The van der Waals surface area contributed by atoms with Crippen LogP contribution < -0.4 is 4.89 Å². The van der Waals surface area contributed by atoms with E-state index in [1.165, 1.54) is 0 Å². The van der Waals surface area contributed by atoms with Crippen LogP contribution in [0.5, 0.6) is 0 Å². The van der Waals surface area contributed by atoms with Crippen molar-refractivity contribution in [2.75, 3.05) is 13.2 Å². The van der Waals surface area contributed by atoms with Gasteiger partial charge in [-0.2, -0.15) is 0 Å². The maximum absolute atomic E-state index is 10.8. The van der Waals surface area contributed by atoms with E-state index in [0.717, 1.165) is 6.92 Å². The number of esters is 1. The second-order valence-electron chi connectivity index (χ2n) is 2.56. The third kappa shape index (κ3) is 5.79. The first-order valence-corrected chi connectivity index (χ1v) is 5.81. The lowest BCUT2D eigenvalue weighted by Gasteiger charge is -2.19. The Bertz CT molecular complexity index is 213. The van der Waals surface area contributed by atoms with Crippen molar-refractivity contribution in [3.63, 3.8) is 0 Å². The Morgan fingerprint density at radius 1 is 1.33 bits per heavy atom. The number of carbonyl (C=O) groups is 1. The van der Waals surface area contributed by atoms with Gasteiger partial charge in [-0.3, -0.25) is 4.79 Å². The van der Waals surface area contributed by atoms with Gasteiger partial charge < -0.3 is 19.1 Å². The SMILES string of the molecule is CCOC(OCC)C(OC(C)=O)[P+](=O)[O-]. The van der Waals surface area contributed by atoms with Crippen LogP contribution in [-0.4, -0.2) is 31.3 Å². The van der Waals surface area contributed by atoms with Gasteiger partial charge in [-0.1, -0.05) is 4.57 Å². The normalized spacial score (nSPS) is 13.8. The Balaban J connectivity index is 4.50. The van der Waals surface area contributed by atoms with Crippen LogP contribution in [0.2, 0.25) is 0 Å². The number of rotatable bonds is 7. The number of carbonyl (C=O) groups excluding carboxylic acids is 1. The largest absolute Gasteiger partial charge is 0.592 e. The van der Waals surface area contributed by atoms with Crippen LogP contribution in [-0.2, 0) is 23.6 Å². The molecule has 15 heavy (non-hydrogen) atoms. The minimum absolute atomic E-state index is 0.269. The van der Waals surface area contributed by atoms with E-state index >= 15 is 0 Å². The lowest BCUT2D eigenvalue weighted by molar-refractivity contribution is -0.214. The molecule has 0 radical (unpaired) electrons. The summed E-state index contributed by atoms with van der Waals surface area (Å²) in [7, 11) is -2.95. The molecule has 6 nitrogen and oxygen atoms in total. The van der Waals surface area contributed by atoms with E-state index < -0.39 is 26.1 Å². The predicted molar refractivity (Wildman–Crippen MR) is 50.2 cm³/mol. The Labute approximate surface area is 89.4 Å². The smallest absolute Gasteiger partial charge is 0.360 e. The molecular formula is C8H15O6P. The number of hydrogen-bond acceptors (Lipinski definition) is 6. The molecule has 0 saturated heterocycles. The van der Waals surface area contributed by atoms with E-state index in [-0.39, 0.29) is 13.2 Å². The summed E-state index contributed by atoms with van der Waals surface area (Å²) in [6.07, 6.45) is -1.06. The van der Waals surface area contributed by atoms with Crippen LogP contribution >= 0.6 is 8.03 Å². The molecule has 0 aromatic heterocycles. The molecule has 0 heterocycles. The Kier molecular flexibility index (Phi) is 7.42. The molecule has 0 aliphatic carbocycles. The molecule has 0 bridgehead atoms. The predicted octanol–water partition coefficient (Wildman–Crippen LogP) is 0.377. The molecule has 2 unspecified atom stereocenters. The molecule has 2 atom stereocenters. The fourth-order valence-electron chi connectivity index (χ4n) is 0.909. The van der Waals surface area contributed by atoms with E-state index in [2.05, 4.69) is 4.74 Å². The van der Waals surface area contributed by atoms with Crippen molar-refractivity contribution in [1.82, 2.24) is 0 Å². The van der Waals surface area contributed by atoms with E-state index in [0.29, 0.717) is 0 Å².